The van der Waals surface area contributed by atoms with Gasteiger partial charge in [0.2, 0.25) is 6.41 Å². The predicted octanol–water partition coefficient (Wildman–Crippen LogP) is -0.907. The zero-order valence-electron chi connectivity index (χ0n) is 10.2. The van der Waals surface area contributed by atoms with Crippen LogP contribution in [0.3, 0.4) is 0 Å². The molecule has 0 bridgehead atoms. The maximum Gasteiger partial charge on any atom is 0.409 e. The van der Waals surface area contributed by atoms with Crippen molar-refractivity contribution in [1.82, 2.24) is 14.8 Å². The van der Waals surface area contributed by atoms with Crippen LogP contribution in [0.2, 0.25) is 0 Å². The molecule has 1 aliphatic rings. The first kappa shape index (κ1) is 13.7. The Morgan fingerprint density at radius 1 is 1.41 bits per heavy atom. The van der Waals surface area contributed by atoms with Crippen molar-refractivity contribution in [3.8, 4) is 0 Å². The summed E-state index contributed by atoms with van der Waals surface area (Å²) in [6, 6.07) is 0. The lowest BCUT2D eigenvalue weighted by molar-refractivity contribution is -0.118. The molecule has 1 aliphatic heterocycles. The van der Waals surface area contributed by atoms with E-state index in [1.165, 1.54) is 0 Å². The highest BCUT2D eigenvalue weighted by molar-refractivity contribution is 5.67. The van der Waals surface area contributed by atoms with E-state index in [0.717, 1.165) is 24.6 Å². The van der Waals surface area contributed by atoms with Crippen LogP contribution in [0, 0.1) is 0 Å². The van der Waals surface area contributed by atoms with Crippen LogP contribution in [-0.4, -0.2) is 73.2 Å². The fourth-order valence-corrected chi connectivity index (χ4v) is 1.68. The van der Waals surface area contributed by atoms with Crippen molar-refractivity contribution < 1.29 is 14.3 Å². The molecule has 2 N–H and O–H groups in total. The molecule has 0 aliphatic carbocycles. The number of amides is 2. The average Bonchev–Trinajstić information content (AvgIpc) is 2.36. The normalized spacial score (nSPS) is 16.7. The van der Waals surface area contributed by atoms with Crippen LogP contribution < -0.4 is 5.84 Å². The van der Waals surface area contributed by atoms with E-state index in [0.29, 0.717) is 32.7 Å². The van der Waals surface area contributed by atoms with E-state index in [9.17, 15) is 9.59 Å². The number of hydrogen-bond acceptors (Lipinski definition) is 5. The van der Waals surface area contributed by atoms with Crippen LogP contribution in [0.15, 0.2) is 0 Å². The van der Waals surface area contributed by atoms with Gasteiger partial charge in [-0.2, -0.15) is 0 Å². The van der Waals surface area contributed by atoms with Crippen LogP contribution in [-0.2, 0) is 9.53 Å². The summed E-state index contributed by atoms with van der Waals surface area (Å²) >= 11 is 0. The molecule has 7 heteroatoms. The standard InChI is InChI=1S/C10H20N4O3/c1-2-17-10(16)13-6-3-12(4-7-13)5-8-14(11)9-15/h9H,2-8,11H2,1H3. The zero-order valence-corrected chi connectivity index (χ0v) is 10.2. The third kappa shape index (κ3) is 4.58. The van der Waals surface area contributed by atoms with Gasteiger partial charge in [0.25, 0.3) is 0 Å². The molecule has 1 saturated heterocycles. The lowest BCUT2D eigenvalue weighted by atomic mass is 10.3. The van der Waals surface area contributed by atoms with Gasteiger partial charge in [0, 0.05) is 39.3 Å². The number of nitrogens with two attached hydrogens (primary N) is 1. The van der Waals surface area contributed by atoms with Crippen molar-refractivity contribution in [3.05, 3.63) is 0 Å². The molecule has 1 heterocycles. The number of hydrogen-bond donors (Lipinski definition) is 1. The molecule has 17 heavy (non-hydrogen) atoms. The molecule has 1 fully saturated rings. The molecule has 1 rings (SSSR count). The van der Waals surface area contributed by atoms with E-state index >= 15 is 0 Å². The van der Waals surface area contributed by atoms with Crippen molar-refractivity contribution in [3.63, 3.8) is 0 Å². The molecular formula is C10H20N4O3. The minimum absolute atomic E-state index is 0.250. The van der Waals surface area contributed by atoms with Gasteiger partial charge in [0.1, 0.15) is 0 Å². The smallest absolute Gasteiger partial charge is 0.409 e. The van der Waals surface area contributed by atoms with Gasteiger partial charge in [0.05, 0.1) is 6.61 Å². The maximum absolute atomic E-state index is 11.4. The summed E-state index contributed by atoms with van der Waals surface area (Å²) in [7, 11) is 0. The van der Waals surface area contributed by atoms with Crippen molar-refractivity contribution >= 4 is 12.5 Å². The van der Waals surface area contributed by atoms with Crippen molar-refractivity contribution in [2.24, 2.45) is 5.84 Å². The largest absolute Gasteiger partial charge is 0.450 e. The fourth-order valence-electron chi connectivity index (χ4n) is 1.68. The monoisotopic (exact) mass is 244 g/mol. The van der Waals surface area contributed by atoms with Crippen LogP contribution in [0.4, 0.5) is 4.79 Å². The molecular weight excluding hydrogens is 224 g/mol. The summed E-state index contributed by atoms with van der Waals surface area (Å²) in [6.45, 7) is 6.31. The lowest BCUT2D eigenvalue weighted by Crippen LogP contribution is -2.50. The Hall–Kier alpha value is -1.34. The topological polar surface area (TPSA) is 79.1 Å². The Bertz CT molecular complexity index is 254. The highest BCUT2D eigenvalue weighted by atomic mass is 16.6. The summed E-state index contributed by atoms with van der Waals surface area (Å²) in [5.74, 6) is 5.36. The molecule has 0 aromatic heterocycles. The van der Waals surface area contributed by atoms with Crippen molar-refractivity contribution in [2.75, 3.05) is 45.9 Å². The number of hydrazine groups is 1. The second-order valence-corrected chi connectivity index (χ2v) is 3.87. The van der Waals surface area contributed by atoms with E-state index < -0.39 is 0 Å². The molecule has 0 saturated carbocycles. The predicted molar refractivity (Wildman–Crippen MR) is 62.0 cm³/mol. The van der Waals surface area contributed by atoms with Gasteiger partial charge in [-0.15, -0.1) is 0 Å². The Balaban J connectivity index is 2.21. The Morgan fingerprint density at radius 3 is 2.59 bits per heavy atom. The third-order valence-electron chi connectivity index (χ3n) is 2.71. The highest BCUT2D eigenvalue weighted by Gasteiger charge is 2.21. The summed E-state index contributed by atoms with van der Waals surface area (Å²) in [6.07, 6.45) is 0.356. The van der Waals surface area contributed by atoms with Gasteiger partial charge in [-0.1, -0.05) is 0 Å². The van der Waals surface area contributed by atoms with E-state index in [-0.39, 0.29) is 6.09 Å². The maximum atomic E-state index is 11.4. The van der Waals surface area contributed by atoms with Gasteiger partial charge in [-0.3, -0.25) is 14.7 Å². The number of carbonyl (C=O) groups is 2. The first-order valence-corrected chi connectivity index (χ1v) is 5.78. The number of piperazine rings is 1. The molecule has 7 nitrogen and oxygen atoms in total. The Labute approximate surface area is 101 Å². The first-order valence-electron chi connectivity index (χ1n) is 5.78. The van der Waals surface area contributed by atoms with Crippen LogP contribution >= 0.6 is 0 Å². The second-order valence-electron chi connectivity index (χ2n) is 3.87. The summed E-state index contributed by atoms with van der Waals surface area (Å²) < 4.78 is 4.93. The quantitative estimate of drug-likeness (QED) is 0.293. The van der Waals surface area contributed by atoms with Gasteiger partial charge < -0.3 is 9.64 Å². The molecule has 0 unspecified atom stereocenters. The minimum atomic E-state index is -0.250. The molecule has 0 spiro atoms. The van der Waals surface area contributed by atoms with Crippen LogP contribution in [0.5, 0.6) is 0 Å². The Morgan fingerprint density at radius 2 is 2.06 bits per heavy atom. The van der Waals surface area contributed by atoms with E-state index in [4.69, 9.17) is 10.6 Å². The number of ether oxygens (including phenoxy) is 1. The minimum Gasteiger partial charge on any atom is -0.450 e. The first-order chi connectivity index (χ1) is 8.17. The molecule has 98 valence electrons. The average molecular weight is 244 g/mol. The van der Waals surface area contributed by atoms with Gasteiger partial charge in [0.15, 0.2) is 0 Å². The van der Waals surface area contributed by atoms with Gasteiger partial charge >= 0.3 is 6.09 Å². The highest BCUT2D eigenvalue weighted by Crippen LogP contribution is 2.03. The van der Waals surface area contributed by atoms with Crippen LogP contribution in [0.25, 0.3) is 0 Å². The lowest BCUT2D eigenvalue weighted by Gasteiger charge is -2.34. The van der Waals surface area contributed by atoms with E-state index in [1.54, 1.807) is 11.8 Å². The van der Waals surface area contributed by atoms with Gasteiger partial charge in [-0.05, 0) is 6.92 Å². The molecule has 0 atom stereocenters. The molecule has 2 amide bonds. The van der Waals surface area contributed by atoms with E-state index in [1.807, 2.05) is 0 Å². The van der Waals surface area contributed by atoms with Crippen molar-refractivity contribution in [2.45, 2.75) is 6.92 Å². The zero-order chi connectivity index (χ0) is 12.7. The van der Waals surface area contributed by atoms with Crippen molar-refractivity contribution in [1.29, 1.82) is 0 Å². The number of rotatable bonds is 5. The summed E-state index contributed by atoms with van der Waals surface area (Å²) in [4.78, 5) is 25.6. The summed E-state index contributed by atoms with van der Waals surface area (Å²) in [5.41, 5.74) is 0. The summed E-state index contributed by atoms with van der Waals surface area (Å²) in [5, 5.41) is 1.12. The Kier molecular flexibility index (Phi) is 5.71. The number of nitrogens with zero attached hydrogens (tertiary/aromatic N) is 3. The van der Waals surface area contributed by atoms with Crippen LogP contribution in [0.1, 0.15) is 6.92 Å². The fraction of sp³-hybridized carbons (Fsp3) is 0.800. The van der Waals surface area contributed by atoms with Gasteiger partial charge in [-0.25, -0.2) is 10.6 Å². The second kappa shape index (κ2) is 7.08. The molecule has 0 aromatic rings. The van der Waals surface area contributed by atoms with E-state index in [2.05, 4.69) is 4.90 Å². The SMILES string of the molecule is CCOC(=O)N1CCN(CCN(N)C=O)CC1. The number of carbonyl (C=O) groups excluding carboxylic acids is 2. The molecule has 0 radical (unpaired) electrons. The molecule has 0 aromatic carbocycles. The third-order valence-corrected chi connectivity index (χ3v) is 2.71.